The predicted molar refractivity (Wildman–Crippen MR) is 94.9 cm³/mol. The monoisotopic (exact) mass is 418 g/mol. The Kier molecular flexibility index (Phi) is 5.99. The Balaban J connectivity index is 1.55. The van der Waals surface area contributed by atoms with Crippen molar-refractivity contribution in [2.24, 2.45) is 5.92 Å². The van der Waals surface area contributed by atoms with E-state index in [9.17, 15) is 26.4 Å². The van der Waals surface area contributed by atoms with Gasteiger partial charge in [-0.05, 0) is 61.9 Å². The molecular weight excluding hydrogens is 397 g/mol. The van der Waals surface area contributed by atoms with Gasteiger partial charge in [0.15, 0.2) is 0 Å². The van der Waals surface area contributed by atoms with Crippen molar-refractivity contribution in [2.75, 3.05) is 13.1 Å². The molecular formula is C18H21F3N2O4S. The maximum Gasteiger partial charge on any atom is 0.573 e. The van der Waals surface area contributed by atoms with Crippen LogP contribution in [0.15, 0.2) is 41.3 Å². The van der Waals surface area contributed by atoms with Crippen LogP contribution in [0.1, 0.15) is 25.7 Å². The van der Waals surface area contributed by atoms with Crippen LogP contribution in [-0.4, -0.2) is 44.1 Å². The molecule has 1 N–H and O–H groups in total. The number of piperidine rings is 1. The van der Waals surface area contributed by atoms with Gasteiger partial charge in [-0.25, -0.2) is 8.42 Å². The molecule has 1 aliphatic heterocycles. The Bertz CT molecular complexity index is 825. The average molecular weight is 418 g/mol. The summed E-state index contributed by atoms with van der Waals surface area (Å²) in [6.07, 6.45) is 1.66. The van der Waals surface area contributed by atoms with Crippen LogP contribution in [0.2, 0.25) is 0 Å². The second-order valence-corrected chi connectivity index (χ2v) is 8.84. The number of carbonyl (C=O) groups is 1. The number of hydrogen-bond acceptors (Lipinski definition) is 4. The van der Waals surface area contributed by atoms with Gasteiger partial charge in [-0.15, -0.1) is 13.2 Å². The summed E-state index contributed by atoms with van der Waals surface area (Å²) in [5, 5.41) is 2.85. The number of nitrogens with one attached hydrogen (secondary N) is 1. The van der Waals surface area contributed by atoms with Gasteiger partial charge in [0.05, 0.1) is 4.90 Å². The van der Waals surface area contributed by atoms with Gasteiger partial charge in [0, 0.05) is 19.1 Å². The number of carbonyl (C=O) groups excluding carboxylic acids is 1. The normalized spacial score (nSPS) is 19.7. The summed E-state index contributed by atoms with van der Waals surface area (Å²) in [6.45, 7) is 0.560. The van der Waals surface area contributed by atoms with Gasteiger partial charge in [-0.1, -0.05) is 6.08 Å². The number of alkyl halides is 3. The molecule has 28 heavy (non-hydrogen) atoms. The first kappa shape index (κ1) is 20.7. The Labute approximate surface area is 161 Å². The molecule has 6 nitrogen and oxygen atoms in total. The first-order valence-corrected chi connectivity index (χ1v) is 10.4. The van der Waals surface area contributed by atoms with Crippen molar-refractivity contribution in [1.82, 2.24) is 9.62 Å². The van der Waals surface area contributed by atoms with Crippen molar-refractivity contribution in [3.05, 3.63) is 36.4 Å². The van der Waals surface area contributed by atoms with Crippen LogP contribution in [0.4, 0.5) is 13.2 Å². The zero-order valence-electron chi connectivity index (χ0n) is 15.0. The molecule has 0 bridgehead atoms. The van der Waals surface area contributed by atoms with E-state index in [2.05, 4.69) is 10.1 Å². The molecule has 0 unspecified atom stereocenters. The van der Waals surface area contributed by atoms with Crippen molar-refractivity contribution in [3.8, 4) is 5.75 Å². The highest BCUT2D eigenvalue weighted by molar-refractivity contribution is 7.89. The summed E-state index contributed by atoms with van der Waals surface area (Å²) in [6, 6.07) is 4.45. The second-order valence-electron chi connectivity index (χ2n) is 6.90. The lowest BCUT2D eigenvalue weighted by atomic mass is 9.98. The summed E-state index contributed by atoms with van der Waals surface area (Å²) in [4.78, 5) is 11.6. The molecule has 0 radical (unpaired) electrons. The van der Waals surface area contributed by atoms with Crippen molar-refractivity contribution >= 4 is 15.9 Å². The molecule has 0 atom stereocenters. The van der Waals surface area contributed by atoms with Gasteiger partial charge in [-0.3, -0.25) is 4.79 Å². The summed E-state index contributed by atoms with van der Waals surface area (Å²) in [5.74, 6) is -0.488. The van der Waals surface area contributed by atoms with Gasteiger partial charge in [0.2, 0.25) is 15.9 Å². The van der Waals surface area contributed by atoms with Crippen molar-refractivity contribution in [3.63, 3.8) is 0 Å². The molecule has 154 valence electrons. The first-order chi connectivity index (χ1) is 13.1. The molecule has 0 spiro atoms. The topological polar surface area (TPSA) is 75.7 Å². The number of nitrogens with zero attached hydrogens (tertiary/aromatic N) is 1. The van der Waals surface area contributed by atoms with E-state index in [-0.39, 0.29) is 35.9 Å². The fourth-order valence-electron chi connectivity index (χ4n) is 2.97. The highest BCUT2D eigenvalue weighted by atomic mass is 32.2. The van der Waals surface area contributed by atoms with Gasteiger partial charge in [0.1, 0.15) is 5.75 Å². The summed E-state index contributed by atoms with van der Waals surface area (Å²) < 4.78 is 67.0. The highest BCUT2D eigenvalue weighted by Crippen LogP contribution is 2.27. The van der Waals surface area contributed by atoms with Crippen molar-refractivity contribution in [2.45, 2.75) is 43.0 Å². The van der Waals surface area contributed by atoms with Crippen LogP contribution in [0.25, 0.3) is 0 Å². The lowest BCUT2D eigenvalue weighted by Crippen LogP contribution is -2.38. The number of halogens is 3. The first-order valence-electron chi connectivity index (χ1n) is 8.98. The van der Waals surface area contributed by atoms with E-state index >= 15 is 0 Å². The van der Waals surface area contributed by atoms with E-state index in [1.807, 2.05) is 6.08 Å². The average Bonchev–Trinajstić information content (AvgIpc) is 3.43. The zero-order valence-corrected chi connectivity index (χ0v) is 15.8. The molecule has 1 aliphatic carbocycles. The summed E-state index contributed by atoms with van der Waals surface area (Å²) in [5.41, 5.74) is 0. The van der Waals surface area contributed by atoms with Gasteiger partial charge in [0.25, 0.3) is 0 Å². The number of sulfonamides is 1. The third-order valence-corrected chi connectivity index (χ3v) is 6.55. The van der Waals surface area contributed by atoms with Crippen LogP contribution in [0, 0.1) is 5.92 Å². The van der Waals surface area contributed by atoms with Crippen LogP contribution in [-0.2, 0) is 14.8 Å². The van der Waals surface area contributed by atoms with Crippen LogP contribution >= 0.6 is 0 Å². The van der Waals surface area contributed by atoms with E-state index in [1.165, 1.54) is 10.4 Å². The van der Waals surface area contributed by atoms with Crippen LogP contribution in [0.3, 0.4) is 0 Å². The molecule has 1 aromatic rings. The van der Waals surface area contributed by atoms with E-state index in [1.54, 1.807) is 0 Å². The number of hydrogen-bond donors (Lipinski definition) is 1. The van der Waals surface area contributed by atoms with Crippen LogP contribution in [0.5, 0.6) is 5.75 Å². The third-order valence-electron chi connectivity index (χ3n) is 4.64. The highest BCUT2D eigenvalue weighted by Gasteiger charge is 2.32. The van der Waals surface area contributed by atoms with E-state index in [0.717, 1.165) is 37.1 Å². The van der Waals surface area contributed by atoms with E-state index in [4.69, 9.17) is 0 Å². The lowest BCUT2D eigenvalue weighted by molar-refractivity contribution is -0.274. The fraction of sp³-hybridized carbons (Fsp3) is 0.500. The third kappa shape index (κ3) is 5.71. The van der Waals surface area contributed by atoms with E-state index < -0.39 is 22.1 Å². The number of ether oxygens (including phenoxy) is 1. The van der Waals surface area contributed by atoms with Gasteiger partial charge >= 0.3 is 6.36 Å². The molecule has 1 amide bonds. The number of benzene rings is 1. The lowest BCUT2D eigenvalue weighted by Gasteiger charge is -2.29. The molecule has 1 saturated heterocycles. The molecule has 1 heterocycles. The number of rotatable bonds is 6. The minimum Gasteiger partial charge on any atom is -0.406 e. The summed E-state index contributed by atoms with van der Waals surface area (Å²) >= 11 is 0. The SMILES string of the molecule is O=C(/C=C/C1CCN(S(=O)(=O)c2ccc(OC(F)(F)F)cc2)CC1)NC1CC1. The second kappa shape index (κ2) is 8.12. The Morgan fingerprint density at radius 3 is 2.25 bits per heavy atom. The molecule has 10 heteroatoms. The predicted octanol–water partition coefficient (Wildman–Crippen LogP) is 2.82. The Morgan fingerprint density at radius 2 is 1.71 bits per heavy atom. The summed E-state index contributed by atoms with van der Waals surface area (Å²) in [7, 11) is -3.79. The minimum absolute atomic E-state index is 0.0835. The fourth-order valence-corrected chi connectivity index (χ4v) is 4.44. The Hall–Kier alpha value is -2.07. The maximum atomic E-state index is 12.7. The largest absolute Gasteiger partial charge is 0.573 e. The van der Waals surface area contributed by atoms with Crippen molar-refractivity contribution in [1.29, 1.82) is 0 Å². The van der Waals surface area contributed by atoms with Gasteiger partial charge < -0.3 is 10.1 Å². The van der Waals surface area contributed by atoms with Crippen LogP contribution < -0.4 is 10.1 Å². The quantitative estimate of drug-likeness (QED) is 0.721. The molecule has 1 saturated carbocycles. The van der Waals surface area contributed by atoms with E-state index in [0.29, 0.717) is 12.8 Å². The smallest absolute Gasteiger partial charge is 0.406 e. The molecule has 2 fully saturated rings. The maximum absolute atomic E-state index is 12.7. The minimum atomic E-state index is -4.83. The zero-order chi connectivity index (χ0) is 20.4. The standard InChI is InChI=1S/C18H21F3N2O4S/c19-18(20,21)27-15-4-6-16(7-5-15)28(25,26)23-11-9-13(10-12-23)1-8-17(24)22-14-2-3-14/h1,4-8,13-14H,2-3,9-12H2,(H,22,24)/b8-1+. The molecule has 2 aliphatic rings. The molecule has 1 aromatic carbocycles. The van der Waals surface area contributed by atoms with Crippen molar-refractivity contribution < 1.29 is 31.1 Å². The molecule has 0 aromatic heterocycles. The Morgan fingerprint density at radius 1 is 1.11 bits per heavy atom. The number of amides is 1. The van der Waals surface area contributed by atoms with Gasteiger partial charge in [-0.2, -0.15) is 4.31 Å². The number of allylic oxidation sites excluding steroid dienone is 1. The molecule has 3 rings (SSSR count).